The number of rotatable bonds is 6. The molecule has 3 N–H and O–H groups in total. The summed E-state index contributed by atoms with van der Waals surface area (Å²) >= 11 is 0. The molecule has 1 saturated carbocycles. The predicted octanol–water partition coefficient (Wildman–Crippen LogP) is 2.31. The Morgan fingerprint density at radius 2 is 2.17 bits per heavy atom. The van der Waals surface area contributed by atoms with Gasteiger partial charge in [0.15, 0.2) is 0 Å². The van der Waals surface area contributed by atoms with Gasteiger partial charge in [0.1, 0.15) is 0 Å². The average Bonchev–Trinajstić information content (AvgIpc) is 3.10. The number of carbonyl (C=O) groups excluding carboxylic acids is 1. The monoisotopic (exact) mass is 246 g/mol. The van der Waals surface area contributed by atoms with Crippen molar-refractivity contribution in [2.75, 3.05) is 6.54 Å². The summed E-state index contributed by atoms with van der Waals surface area (Å²) in [6.45, 7) is 6.45. The molecule has 3 heteroatoms. The van der Waals surface area contributed by atoms with Crippen LogP contribution in [-0.4, -0.2) is 12.5 Å². The quantitative estimate of drug-likeness (QED) is 0.809. The summed E-state index contributed by atoms with van der Waals surface area (Å²) in [4.78, 5) is 11.1. The van der Waals surface area contributed by atoms with Crippen LogP contribution in [-0.2, 0) is 6.54 Å². The van der Waals surface area contributed by atoms with E-state index in [1.54, 1.807) is 6.07 Å². The minimum Gasteiger partial charge on any atom is -0.366 e. The van der Waals surface area contributed by atoms with E-state index in [0.717, 1.165) is 24.6 Å². The smallest absolute Gasteiger partial charge is 0.248 e. The van der Waals surface area contributed by atoms with Crippen LogP contribution in [0.25, 0.3) is 0 Å². The first kappa shape index (κ1) is 13.1. The van der Waals surface area contributed by atoms with Gasteiger partial charge in [-0.25, -0.2) is 0 Å². The molecule has 1 amide bonds. The van der Waals surface area contributed by atoms with Crippen LogP contribution in [0.4, 0.5) is 0 Å². The highest BCUT2D eigenvalue weighted by Crippen LogP contribution is 2.51. The van der Waals surface area contributed by atoms with Gasteiger partial charge in [0, 0.05) is 18.7 Å². The normalized spacial score (nSPS) is 16.8. The van der Waals surface area contributed by atoms with E-state index in [0.29, 0.717) is 11.0 Å². The molecule has 98 valence electrons. The zero-order valence-corrected chi connectivity index (χ0v) is 11.2. The fourth-order valence-electron chi connectivity index (χ4n) is 2.41. The van der Waals surface area contributed by atoms with Crippen LogP contribution < -0.4 is 11.1 Å². The Morgan fingerprint density at radius 3 is 2.72 bits per heavy atom. The summed E-state index contributed by atoms with van der Waals surface area (Å²) in [6, 6.07) is 7.52. The van der Waals surface area contributed by atoms with Crippen molar-refractivity contribution in [1.82, 2.24) is 5.32 Å². The van der Waals surface area contributed by atoms with Gasteiger partial charge < -0.3 is 11.1 Å². The standard InChI is InChI=1S/C15H22N2O/c1-11(2)15(6-7-15)10-17-9-12-4-3-5-13(8-12)14(16)18/h3-5,8,11,17H,6-7,9-10H2,1-2H3,(H2,16,18). The van der Waals surface area contributed by atoms with E-state index < -0.39 is 0 Å². The molecular weight excluding hydrogens is 224 g/mol. The summed E-state index contributed by atoms with van der Waals surface area (Å²) in [6.07, 6.45) is 2.66. The SMILES string of the molecule is CC(C)C1(CNCc2cccc(C(N)=O)c2)CC1. The lowest BCUT2D eigenvalue weighted by molar-refractivity contribution is 0.1000. The van der Waals surface area contributed by atoms with Gasteiger partial charge in [-0.3, -0.25) is 4.79 Å². The molecule has 0 unspecified atom stereocenters. The first-order chi connectivity index (χ1) is 8.53. The van der Waals surface area contributed by atoms with Crippen molar-refractivity contribution in [2.24, 2.45) is 17.1 Å². The van der Waals surface area contributed by atoms with Crippen LogP contribution in [0.5, 0.6) is 0 Å². The lowest BCUT2D eigenvalue weighted by atomic mass is 9.92. The molecule has 1 fully saturated rings. The number of nitrogens with two attached hydrogens (primary N) is 1. The van der Waals surface area contributed by atoms with Gasteiger partial charge in [-0.1, -0.05) is 26.0 Å². The molecule has 0 saturated heterocycles. The lowest BCUT2D eigenvalue weighted by Crippen LogP contribution is -2.27. The maximum absolute atomic E-state index is 11.1. The van der Waals surface area contributed by atoms with Crippen molar-refractivity contribution < 1.29 is 4.79 Å². The van der Waals surface area contributed by atoms with Crippen LogP contribution in [0.1, 0.15) is 42.6 Å². The molecular formula is C15H22N2O. The van der Waals surface area contributed by atoms with E-state index in [-0.39, 0.29) is 5.91 Å². The van der Waals surface area contributed by atoms with E-state index >= 15 is 0 Å². The number of nitrogens with one attached hydrogen (secondary N) is 1. The van der Waals surface area contributed by atoms with E-state index in [2.05, 4.69) is 19.2 Å². The van der Waals surface area contributed by atoms with Crippen LogP contribution in [0.15, 0.2) is 24.3 Å². The lowest BCUT2D eigenvalue weighted by Gasteiger charge is -2.20. The molecule has 0 aliphatic heterocycles. The number of amides is 1. The molecule has 18 heavy (non-hydrogen) atoms. The van der Waals surface area contributed by atoms with Gasteiger partial charge in [-0.2, -0.15) is 0 Å². The number of hydrogen-bond acceptors (Lipinski definition) is 2. The second kappa shape index (κ2) is 5.11. The van der Waals surface area contributed by atoms with Crippen LogP contribution >= 0.6 is 0 Å². The summed E-state index contributed by atoms with van der Waals surface area (Å²) in [5.41, 5.74) is 7.49. The van der Waals surface area contributed by atoms with Gasteiger partial charge in [-0.15, -0.1) is 0 Å². The Morgan fingerprint density at radius 1 is 1.44 bits per heavy atom. The maximum atomic E-state index is 11.1. The fraction of sp³-hybridized carbons (Fsp3) is 0.533. The Hall–Kier alpha value is -1.35. The minimum atomic E-state index is -0.363. The minimum absolute atomic E-state index is 0.363. The zero-order valence-electron chi connectivity index (χ0n) is 11.2. The predicted molar refractivity (Wildman–Crippen MR) is 73.2 cm³/mol. The van der Waals surface area contributed by atoms with Crippen LogP contribution in [0.3, 0.4) is 0 Å². The highest BCUT2D eigenvalue weighted by atomic mass is 16.1. The average molecular weight is 246 g/mol. The molecule has 1 aromatic carbocycles. The molecule has 3 nitrogen and oxygen atoms in total. The molecule has 0 radical (unpaired) electrons. The summed E-state index contributed by atoms with van der Waals surface area (Å²) in [7, 11) is 0. The number of benzene rings is 1. The highest BCUT2D eigenvalue weighted by Gasteiger charge is 2.44. The second-order valence-corrected chi connectivity index (χ2v) is 5.69. The first-order valence-electron chi connectivity index (χ1n) is 6.63. The Kier molecular flexibility index (Phi) is 3.71. The van der Waals surface area contributed by atoms with Crippen molar-refractivity contribution in [3.05, 3.63) is 35.4 Å². The van der Waals surface area contributed by atoms with Crippen molar-refractivity contribution in [3.8, 4) is 0 Å². The first-order valence-corrected chi connectivity index (χ1v) is 6.63. The third kappa shape index (κ3) is 2.91. The fourth-order valence-corrected chi connectivity index (χ4v) is 2.41. The molecule has 0 atom stereocenters. The van der Waals surface area contributed by atoms with Gasteiger partial charge in [-0.05, 0) is 41.9 Å². The molecule has 0 bridgehead atoms. The molecule has 0 heterocycles. The van der Waals surface area contributed by atoms with Crippen molar-refractivity contribution in [2.45, 2.75) is 33.2 Å². The molecule has 0 aromatic heterocycles. The molecule has 2 rings (SSSR count). The highest BCUT2D eigenvalue weighted by molar-refractivity contribution is 5.92. The Balaban J connectivity index is 1.87. The largest absolute Gasteiger partial charge is 0.366 e. The maximum Gasteiger partial charge on any atom is 0.248 e. The van der Waals surface area contributed by atoms with E-state index in [9.17, 15) is 4.79 Å². The molecule has 0 spiro atoms. The molecule has 1 aliphatic rings. The third-order valence-electron chi connectivity index (χ3n) is 4.13. The number of hydrogen-bond donors (Lipinski definition) is 2. The molecule has 1 aromatic rings. The van der Waals surface area contributed by atoms with Gasteiger partial charge in [0.2, 0.25) is 5.91 Å². The second-order valence-electron chi connectivity index (χ2n) is 5.69. The van der Waals surface area contributed by atoms with E-state index in [4.69, 9.17) is 5.73 Å². The molecule has 1 aliphatic carbocycles. The summed E-state index contributed by atoms with van der Waals surface area (Å²) in [5, 5.41) is 3.50. The number of primary amides is 1. The van der Waals surface area contributed by atoms with Crippen molar-refractivity contribution in [1.29, 1.82) is 0 Å². The Bertz CT molecular complexity index is 436. The van der Waals surface area contributed by atoms with Gasteiger partial charge in [0.25, 0.3) is 0 Å². The summed E-state index contributed by atoms with van der Waals surface area (Å²) < 4.78 is 0. The van der Waals surface area contributed by atoms with Crippen molar-refractivity contribution >= 4 is 5.91 Å². The van der Waals surface area contributed by atoms with Crippen LogP contribution in [0.2, 0.25) is 0 Å². The van der Waals surface area contributed by atoms with Gasteiger partial charge >= 0.3 is 0 Å². The van der Waals surface area contributed by atoms with Gasteiger partial charge in [0.05, 0.1) is 0 Å². The van der Waals surface area contributed by atoms with Crippen LogP contribution in [0, 0.1) is 11.3 Å². The van der Waals surface area contributed by atoms with E-state index in [1.807, 2.05) is 18.2 Å². The third-order valence-corrected chi connectivity index (χ3v) is 4.13. The number of carbonyl (C=O) groups is 1. The van der Waals surface area contributed by atoms with E-state index in [1.165, 1.54) is 12.8 Å². The summed E-state index contributed by atoms with van der Waals surface area (Å²) in [5.74, 6) is 0.375. The Labute approximate surface area is 109 Å². The topological polar surface area (TPSA) is 55.1 Å². The van der Waals surface area contributed by atoms with Crippen molar-refractivity contribution in [3.63, 3.8) is 0 Å². The zero-order chi connectivity index (χ0) is 13.2.